The van der Waals surface area contributed by atoms with Gasteiger partial charge in [0, 0.05) is 18.0 Å². The minimum absolute atomic E-state index is 0.516. The van der Waals surface area contributed by atoms with Crippen molar-refractivity contribution in [3.05, 3.63) is 54.9 Å². The van der Waals surface area contributed by atoms with Crippen LogP contribution in [-0.4, -0.2) is 16.6 Å². The van der Waals surface area contributed by atoms with Crippen molar-refractivity contribution in [3.63, 3.8) is 0 Å². The molecule has 0 aliphatic carbocycles. The van der Waals surface area contributed by atoms with Crippen LogP contribution in [0.2, 0.25) is 0 Å². The first-order chi connectivity index (χ1) is 10.8. The fourth-order valence-electron chi connectivity index (χ4n) is 2.24. The Bertz CT molecular complexity index is 561. The lowest BCUT2D eigenvalue weighted by atomic mass is 10.1. The van der Waals surface area contributed by atoms with Gasteiger partial charge in [0.2, 0.25) is 0 Å². The van der Waals surface area contributed by atoms with E-state index in [0.717, 1.165) is 23.6 Å². The van der Waals surface area contributed by atoms with Crippen molar-refractivity contribution in [1.82, 2.24) is 9.97 Å². The van der Waals surface area contributed by atoms with Gasteiger partial charge in [0.15, 0.2) is 5.82 Å². The fraction of sp³-hybridized carbons (Fsp3) is 0.368. The van der Waals surface area contributed by atoms with Gasteiger partial charge in [-0.25, -0.2) is 9.97 Å². The van der Waals surface area contributed by atoms with E-state index in [1.165, 1.54) is 31.2 Å². The van der Waals surface area contributed by atoms with Crippen molar-refractivity contribution in [3.8, 4) is 17.1 Å². The maximum absolute atomic E-state index is 5.47. The van der Waals surface area contributed by atoms with Gasteiger partial charge >= 0.3 is 0 Å². The third-order valence-corrected chi connectivity index (χ3v) is 3.50. The Balaban J connectivity index is 1.93. The Morgan fingerprint density at radius 3 is 2.41 bits per heavy atom. The SMILES string of the molecule is C=CCOc1ccc(-c2ncc(CCCCCC)cn2)cc1. The quantitative estimate of drug-likeness (QED) is 0.491. The monoisotopic (exact) mass is 296 g/mol. The predicted octanol–water partition coefficient (Wildman–Crippen LogP) is 4.83. The molecule has 3 nitrogen and oxygen atoms in total. The van der Waals surface area contributed by atoms with E-state index in [9.17, 15) is 0 Å². The summed E-state index contributed by atoms with van der Waals surface area (Å²) in [4.78, 5) is 8.94. The lowest BCUT2D eigenvalue weighted by Crippen LogP contribution is -1.94. The summed E-state index contributed by atoms with van der Waals surface area (Å²) in [6, 6.07) is 7.82. The molecule has 22 heavy (non-hydrogen) atoms. The number of nitrogens with zero attached hydrogens (tertiary/aromatic N) is 2. The van der Waals surface area contributed by atoms with Crippen LogP contribution in [0.15, 0.2) is 49.3 Å². The molecular weight excluding hydrogens is 272 g/mol. The maximum atomic E-state index is 5.47. The molecule has 0 amide bonds. The second-order valence-corrected chi connectivity index (χ2v) is 5.35. The van der Waals surface area contributed by atoms with Crippen LogP contribution in [0.25, 0.3) is 11.4 Å². The lowest BCUT2D eigenvalue weighted by Gasteiger charge is -2.05. The molecule has 0 unspecified atom stereocenters. The largest absolute Gasteiger partial charge is 0.490 e. The topological polar surface area (TPSA) is 35.0 Å². The molecule has 0 aliphatic rings. The van der Waals surface area contributed by atoms with Gasteiger partial charge in [-0.2, -0.15) is 0 Å². The zero-order valence-electron chi connectivity index (χ0n) is 13.3. The van der Waals surface area contributed by atoms with Crippen molar-refractivity contribution in [2.45, 2.75) is 39.0 Å². The second kappa shape index (κ2) is 8.98. The third kappa shape index (κ3) is 4.99. The molecule has 0 aliphatic heterocycles. The van der Waals surface area contributed by atoms with Gasteiger partial charge in [-0.15, -0.1) is 0 Å². The normalized spacial score (nSPS) is 10.4. The summed E-state index contributed by atoms with van der Waals surface area (Å²) in [7, 11) is 0. The van der Waals surface area contributed by atoms with Gasteiger partial charge < -0.3 is 4.74 Å². The molecule has 1 aromatic heterocycles. The van der Waals surface area contributed by atoms with Gasteiger partial charge in [0.05, 0.1) is 0 Å². The van der Waals surface area contributed by atoms with Gasteiger partial charge in [-0.05, 0) is 42.7 Å². The molecule has 1 heterocycles. The van der Waals surface area contributed by atoms with Crippen molar-refractivity contribution in [1.29, 1.82) is 0 Å². The van der Waals surface area contributed by atoms with Gasteiger partial charge in [0.1, 0.15) is 12.4 Å². The minimum atomic E-state index is 0.516. The molecule has 0 fully saturated rings. The summed E-state index contributed by atoms with van der Waals surface area (Å²) in [5.41, 5.74) is 2.22. The molecule has 0 N–H and O–H groups in total. The molecule has 2 aromatic rings. The number of hydrogen-bond donors (Lipinski definition) is 0. The summed E-state index contributed by atoms with van der Waals surface area (Å²) >= 11 is 0. The van der Waals surface area contributed by atoms with Crippen LogP contribution < -0.4 is 4.74 Å². The number of rotatable bonds is 9. The van der Waals surface area contributed by atoms with Crippen LogP contribution in [0.1, 0.15) is 38.2 Å². The number of aromatic nitrogens is 2. The van der Waals surface area contributed by atoms with Gasteiger partial charge in [0.25, 0.3) is 0 Å². The zero-order valence-corrected chi connectivity index (χ0v) is 13.3. The summed E-state index contributed by atoms with van der Waals surface area (Å²) in [5, 5.41) is 0. The first-order valence-electron chi connectivity index (χ1n) is 7.98. The average molecular weight is 296 g/mol. The highest BCUT2D eigenvalue weighted by Gasteiger charge is 2.02. The fourth-order valence-corrected chi connectivity index (χ4v) is 2.24. The second-order valence-electron chi connectivity index (χ2n) is 5.35. The Morgan fingerprint density at radius 1 is 1.05 bits per heavy atom. The van der Waals surface area contributed by atoms with Crippen LogP contribution in [-0.2, 0) is 6.42 Å². The molecule has 0 saturated carbocycles. The lowest BCUT2D eigenvalue weighted by molar-refractivity contribution is 0.363. The number of ether oxygens (including phenoxy) is 1. The van der Waals surface area contributed by atoms with E-state index in [1.807, 2.05) is 36.7 Å². The maximum Gasteiger partial charge on any atom is 0.159 e. The number of aryl methyl sites for hydroxylation is 1. The van der Waals surface area contributed by atoms with Crippen molar-refractivity contribution in [2.24, 2.45) is 0 Å². The first kappa shape index (κ1) is 16.2. The molecule has 0 spiro atoms. The summed E-state index contributed by atoms with van der Waals surface area (Å²) in [6.07, 6.45) is 11.7. The molecule has 0 bridgehead atoms. The highest BCUT2D eigenvalue weighted by atomic mass is 16.5. The van der Waals surface area contributed by atoms with E-state index in [4.69, 9.17) is 4.74 Å². The smallest absolute Gasteiger partial charge is 0.159 e. The zero-order chi connectivity index (χ0) is 15.6. The Hall–Kier alpha value is -2.16. The Labute approximate surface area is 133 Å². The van der Waals surface area contributed by atoms with Crippen LogP contribution in [0.3, 0.4) is 0 Å². The van der Waals surface area contributed by atoms with E-state index < -0.39 is 0 Å². The van der Waals surface area contributed by atoms with Gasteiger partial charge in [-0.3, -0.25) is 0 Å². The van der Waals surface area contributed by atoms with Crippen LogP contribution in [0.4, 0.5) is 0 Å². The average Bonchev–Trinajstić information content (AvgIpc) is 2.58. The summed E-state index contributed by atoms with van der Waals surface area (Å²) in [6.45, 7) is 6.38. The first-order valence-corrected chi connectivity index (χ1v) is 7.98. The van der Waals surface area contributed by atoms with E-state index in [0.29, 0.717) is 6.61 Å². The number of unbranched alkanes of at least 4 members (excludes halogenated alkanes) is 3. The Morgan fingerprint density at radius 2 is 1.77 bits per heavy atom. The molecule has 3 heteroatoms. The minimum Gasteiger partial charge on any atom is -0.490 e. The molecule has 116 valence electrons. The molecule has 2 rings (SSSR count). The molecule has 0 atom stereocenters. The van der Waals surface area contributed by atoms with E-state index >= 15 is 0 Å². The van der Waals surface area contributed by atoms with Crippen LogP contribution in [0, 0.1) is 0 Å². The molecule has 0 radical (unpaired) electrons. The van der Waals surface area contributed by atoms with Crippen molar-refractivity contribution >= 4 is 0 Å². The van der Waals surface area contributed by atoms with E-state index in [2.05, 4.69) is 23.5 Å². The van der Waals surface area contributed by atoms with Crippen molar-refractivity contribution in [2.75, 3.05) is 6.61 Å². The number of benzene rings is 1. The van der Waals surface area contributed by atoms with Gasteiger partial charge in [-0.1, -0.05) is 38.8 Å². The summed E-state index contributed by atoms with van der Waals surface area (Å²) in [5.74, 6) is 1.59. The van der Waals surface area contributed by atoms with Crippen molar-refractivity contribution < 1.29 is 4.74 Å². The van der Waals surface area contributed by atoms with E-state index in [1.54, 1.807) is 6.08 Å². The standard InChI is InChI=1S/C19H24N2O/c1-3-5-6-7-8-16-14-20-19(21-15-16)17-9-11-18(12-10-17)22-13-4-2/h4,9-12,14-15H,2-3,5-8,13H2,1H3. The van der Waals surface area contributed by atoms with Crippen LogP contribution >= 0.6 is 0 Å². The highest BCUT2D eigenvalue weighted by Crippen LogP contribution is 2.19. The number of hydrogen-bond acceptors (Lipinski definition) is 3. The third-order valence-electron chi connectivity index (χ3n) is 3.50. The predicted molar refractivity (Wildman–Crippen MR) is 91.0 cm³/mol. The van der Waals surface area contributed by atoms with E-state index in [-0.39, 0.29) is 0 Å². The molecule has 1 aromatic carbocycles. The molecular formula is C19H24N2O. The summed E-state index contributed by atoms with van der Waals surface area (Å²) < 4.78 is 5.47. The Kier molecular flexibility index (Phi) is 6.62. The van der Waals surface area contributed by atoms with Crippen LogP contribution in [0.5, 0.6) is 5.75 Å². The molecule has 0 saturated heterocycles. The highest BCUT2D eigenvalue weighted by molar-refractivity contribution is 5.55.